The van der Waals surface area contributed by atoms with Crippen molar-refractivity contribution >= 4 is 22.1 Å². The van der Waals surface area contributed by atoms with E-state index in [-0.39, 0.29) is 0 Å². The molecule has 0 radical (unpaired) electrons. The minimum atomic E-state index is 0.791. The molecule has 0 aliphatic heterocycles. The Bertz CT molecular complexity index is 1090. The van der Waals surface area contributed by atoms with Crippen molar-refractivity contribution in [1.29, 1.82) is 0 Å². The van der Waals surface area contributed by atoms with Crippen molar-refractivity contribution in [1.82, 2.24) is 0 Å². The van der Waals surface area contributed by atoms with Gasteiger partial charge in [-0.15, -0.1) is 0 Å². The largest absolute Gasteiger partial charge is 0.399 e. The monoisotopic (exact) mass is 380 g/mol. The summed E-state index contributed by atoms with van der Waals surface area (Å²) in [6.45, 7) is 0. The summed E-state index contributed by atoms with van der Waals surface area (Å²) in [5.41, 5.74) is 18.8. The van der Waals surface area contributed by atoms with Crippen molar-refractivity contribution < 1.29 is 0 Å². The molecule has 0 unspecified atom stereocenters. The van der Waals surface area contributed by atoms with Gasteiger partial charge in [0, 0.05) is 11.4 Å². The average molecular weight is 381 g/mol. The van der Waals surface area contributed by atoms with Crippen LogP contribution < -0.4 is 11.5 Å². The lowest BCUT2D eigenvalue weighted by atomic mass is 9.94. The van der Waals surface area contributed by atoms with E-state index in [4.69, 9.17) is 11.5 Å². The minimum Gasteiger partial charge on any atom is -0.399 e. The summed E-state index contributed by atoms with van der Waals surface area (Å²) in [7, 11) is 0. The van der Waals surface area contributed by atoms with Crippen molar-refractivity contribution in [2.45, 2.75) is 32.1 Å². The fourth-order valence-electron chi connectivity index (χ4n) is 4.08. The van der Waals surface area contributed by atoms with E-state index >= 15 is 0 Å². The van der Waals surface area contributed by atoms with Gasteiger partial charge in [-0.3, -0.25) is 0 Å². The fourth-order valence-corrected chi connectivity index (χ4v) is 4.08. The van der Waals surface area contributed by atoms with Crippen LogP contribution in [0.25, 0.3) is 21.9 Å². The zero-order chi connectivity index (χ0) is 20.1. The molecule has 4 N–H and O–H groups in total. The lowest BCUT2D eigenvalue weighted by Gasteiger charge is -2.12. The second kappa shape index (κ2) is 8.83. The molecule has 0 aromatic heterocycles. The van der Waals surface area contributed by atoms with Gasteiger partial charge in [0.05, 0.1) is 0 Å². The van der Waals surface area contributed by atoms with Crippen LogP contribution in [-0.2, 0) is 12.8 Å². The Morgan fingerprint density at radius 1 is 0.552 bits per heavy atom. The number of unbranched alkanes of at least 4 members (excludes halogenated alkanes) is 2. The van der Waals surface area contributed by atoms with Gasteiger partial charge in [-0.25, -0.2) is 0 Å². The minimum absolute atomic E-state index is 0.791. The highest BCUT2D eigenvalue weighted by atomic mass is 14.5. The number of anilines is 2. The quantitative estimate of drug-likeness (QED) is 0.279. The van der Waals surface area contributed by atoms with Gasteiger partial charge in [-0.2, -0.15) is 0 Å². The Morgan fingerprint density at radius 2 is 1.24 bits per heavy atom. The van der Waals surface area contributed by atoms with E-state index in [1.807, 2.05) is 18.2 Å². The zero-order valence-electron chi connectivity index (χ0n) is 16.8. The second-order valence-electron chi connectivity index (χ2n) is 7.74. The maximum atomic E-state index is 6.07. The number of aryl methyl sites for hydroxylation is 2. The molecule has 4 rings (SSSR count). The highest BCUT2D eigenvalue weighted by molar-refractivity contribution is 5.85. The van der Waals surface area contributed by atoms with E-state index in [9.17, 15) is 0 Å². The Kier molecular flexibility index (Phi) is 5.81. The maximum Gasteiger partial charge on any atom is 0.0317 e. The van der Waals surface area contributed by atoms with E-state index in [0.717, 1.165) is 30.6 Å². The molecule has 0 saturated carbocycles. The molecular weight excluding hydrogens is 352 g/mol. The third-order valence-electron chi connectivity index (χ3n) is 5.62. The van der Waals surface area contributed by atoms with Crippen LogP contribution in [0.1, 0.15) is 30.4 Å². The van der Waals surface area contributed by atoms with E-state index in [0.29, 0.717) is 0 Å². The molecule has 0 fully saturated rings. The molecule has 0 spiro atoms. The summed E-state index contributed by atoms with van der Waals surface area (Å²) in [4.78, 5) is 0. The Hall–Kier alpha value is -3.26. The van der Waals surface area contributed by atoms with E-state index in [2.05, 4.69) is 66.7 Å². The summed E-state index contributed by atoms with van der Waals surface area (Å²) in [5, 5.41) is 2.72. The Morgan fingerprint density at radius 3 is 2.07 bits per heavy atom. The topological polar surface area (TPSA) is 52.0 Å². The molecule has 0 atom stereocenters. The zero-order valence-corrected chi connectivity index (χ0v) is 16.8. The molecule has 146 valence electrons. The third kappa shape index (κ3) is 4.60. The van der Waals surface area contributed by atoms with Crippen LogP contribution in [0.4, 0.5) is 11.4 Å². The standard InChI is InChI=1S/C27H28N2/c28-24-15-13-22(14-16-24)27-18-17-25(29)19-23(27)9-3-1-2-7-20-10-6-11-21-8-4-5-12-26(20)21/h4-6,8,10-19H,1-3,7,9,28-29H2. The van der Waals surface area contributed by atoms with Gasteiger partial charge >= 0.3 is 0 Å². The van der Waals surface area contributed by atoms with Crippen LogP contribution in [0.2, 0.25) is 0 Å². The molecule has 0 saturated heterocycles. The highest BCUT2D eigenvalue weighted by Crippen LogP contribution is 2.28. The van der Waals surface area contributed by atoms with Gasteiger partial charge in [-0.05, 0) is 83.0 Å². The number of nitrogens with two attached hydrogens (primary N) is 2. The third-order valence-corrected chi connectivity index (χ3v) is 5.62. The second-order valence-corrected chi connectivity index (χ2v) is 7.74. The van der Waals surface area contributed by atoms with Gasteiger partial charge in [-0.1, -0.05) is 67.1 Å². The SMILES string of the molecule is Nc1ccc(-c2ccc(N)cc2CCCCCc2cccc3ccccc23)cc1. The van der Waals surface area contributed by atoms with Gasteiger partial charge in [0.15, 0.2) is 0 Å². The summed E-state index contributed by atoms with van der Waals surface area (Å²) in [6.07, 6.45) is 5.74. The molecule has 0 bridgehead atoms. The summed E-state index contributed by atoms with van der Waals surface area (Å²) in [5.74, 6) is 0. The summed E-state index contributed by atoms with van der Waals surface area (Å²) < 4.78 is 0. The Balaban J connectivity index is 1.38. The molecule has 0 amide bonds. The highest BCUT2D eigenvalue weighted by Gasteiger charge is 2.07. The number of benzene rings is 4. The number of rotatable bonds is 7. The molecule has 4 aromatic carbocycles. The van der Waals surface area contributed by atoms with Crippen LogP contribution >= 0.6 is 0 Å². The normalized spacial score (nSPS) is 11.0. The van der Waals surface area contributed by atoms with Crippen LogP contribution in [0.15, 0.2) is 84.9 Å². The van der Waals surface area contributed by atoms with Crippen LogP contribution in [0, 0.1) is 0 Å². The van der Waals surface area contributed by atoms with Crippen LogP contribution in [0.3, 0.4) is 0 Å². The van der Waals surface area contributed by atoms with Crippen molar-refractivity contribution in [3.8, 4) is 11.1 Å². The number of fused-ring (bicyclic) bond motifs is 1. The lowest BCUT2D eigenvalue weighted by Crippen LogP contribution is -1.95. The molecule has 2 heteroatoms. The van der Waals surface area contributed by atoms with Crippen molar-refractivity contribution in [2.75, 3.05) is 11.5 Å². The smallest absolute Gasteiger partial charge is 0.0317 e. The first kappa shape index (κ1) is 19.1. The molecule has 2 nitrogen and oxygen atoms in total. The number of hydrogen-bond acceptors (Lipinski definition) is 2. The predicted molar refractivity (Wildman–Crippen MR) is 126 cm³/mol. The fraction of sp³-hybridized carbons (Fsp3) is 0.185. The van der Waals surface area contributed by atoms with E-state index in [1.54, 1.807) is 0 Å². The molecule has 0 heterocycles. The van der Waals surface area contributed by atoms with Gasteiger partial charge in [0.25, 0.3) is 0 Å². The molecule has 4 aromatic rings. The number of hydrogen-bond donors (Lipinski definition) is 2. The maximum absolute atomic E-state index is 6.07. The van der Waals surface area contributed by atoms with Gasteiger partial charge in [0.1, 0.15) is 0 Å². The van der Waals surface area contributed by atoms with Gasteiger partial charge in [0.2, 0.25) is 0 Å². The molecule has 29 heavy (non-hydrogen) atoms. The predicted octanol–water partition coefficient (Wildman–Crippen LogP) is 6.63. The Labute approximate surface area is 173 Å². The van der Waals surface area contributed by atoms with Crippen molar-refractivity contribution in [3.63, 3.8) is 0 Å². The first-order chi connectivity index (χ1) is 14.2. The van der Waals surface area contributed by atoms with Crippen molar-refractivity contribution in [2.24, 2.45) is 0 Å². The first-order valence-corrected chi connectivity index (χ1v) is 10.4. The van der Waals surface area contributed by atoms with E-state index in [1.165, 1.54) is 45.9 Å². The summed E-state index contributed by atoms with van der Waals surface area (Å²) in [6, 6.07) is 29.6. The van der Waals surface area contributed by atoms with E-state index < -0.39 is 0 Å². The van der Waals surface area contributed by atoms with Crippen molar-refractivity contribution in [3.05, 3.63) is 96.1 Å². The van der Waals surface area contributed by atoms with Crippen LogP contribution in [0.5, 0.6) is 0 Å². The van der Waals surface area contributed by atoms with Gasteiger partial charge < -0.3 is 11.5 Å². The molecular formula is C27H28N2. The number of nitrogen functional groups attached to an aromatic ring is 2. The first-order valence-electron chi connectivity index (χ1n) is 10.4. The molecule has 0 aliphatic carbocycles. The van der Waals surface area contributed by atoms with Crippen LogP contribution in [-0.4, -0.2) is 0 Å². The average Bonchev–Trinajstić information content (AvgIpc) is 2.74. The summed E-state index contributed by atoms with van der Waals surface area (Å²) >= 11 is 0. The molecule has 0 aliphatic rings. The lowest BCUT2D eigenvalue weighted by molar-refractivity contribution is 0.680.